The predicted octanol–water partition coefficient (Wildman–Crippen LogP) is 4.44. The normalized spacial score (nSPS) is 10.5. The minimum absolute atomic E-state index is 0.0359. The molecule has 3 rings (SSSR count). The van der Waals surface area contributed by atoms with Crippen LogP contribution in [-0.2, 0) is 16.0 Å². The van der Waals surface area contributed by atoms with Gasteiger partial charge in [0.2, 0.25) is 17.7 Å². The van der Waals surface area contributed by atoms with Gasteiger partial charge in [0.15, 0.2) is 0 Å². The van der Waals surface area contributed by atoms with Gasteiger partial charge in [-0.1, -0.05) is 29.8 Å². The van der Waals surface area contributed by atoms with Crippen LogP contribution in [0.15, 0.2) is 52.9 Å². The van der Waals surface area contributed by atoms with Crippen molar-refractivity contribution in [3.8, 4) is 11.5 Å². The van der Waals surface area contributed by atoms with E-state index in [0.29, 0.717) is 33.7 Å². The Labute approximate surface area is 161 Å². The first kappa shape index (κ1) is 18.7. The van der Waals surface area contributed by atoms with Crippen LogP contribution >= 0.6 is 11.6 Å². The summed E-state index contributed by atoms with van der Waals surface area (Å²) in [6.45, 7) is 3.16. The number of hydrogen-bond acceptors (Lipinski definition) is 4. The Hall–Kier alpha value is -3.12. The minimum atomic E-state index is -0.292. The molecule has 1 aromatic heterocycles. The van der Waals surface area contributed by atoms with Gasteiger partial charge in [0.1, 0.15) is 5.76 Å². The van der Waals surface area contributed by atoms with Crippen LogP contribution in [0, 0.1) is 6.92 Å². The lowest BCUT2D eigenvalue weighted by atomic mass is 10.2. The SMILES string of the molecule is CC(=O)Nc1ccc(Cl)cc1NC(=O)Cc1nc(-c2ccccc2)oc1C. The molecule has 0 spiro atoms. The molecule has 6 nitrogen and oxygen atoms in total. The van der Waals surface area contributed by atoms with Crippen LogP contribution < -0.4 is 10.6 Å². The number of aryl methyl sites for hydroxylation is 1. The van der Waals surface area contributed by atoms with E-state index in [1.54, 1.807) is 25.1 Å². The zero-order chi connectivity index (χ0) is 19.4. The number of rotatable bonds is 5. The Kier molecular flexibility index (Phi) is 5.57. The van der Waals surface area contributed by atoms with E-state index in [9.17, 15) is 9.59 Å². The molecule has 2 aromatic carbocycles. The van der Waals surface area contributed by atoms with Gasteiger partial charge in [-0.3, -0.25) is 9.59 Å². The summed E-state index contributed by atoms with van der Waals surface area (Å²) in [6, 6.07) is 14.3. The maximum Gasteiger partial charge on any atom is 0.230 e. The number of benzene rings is 2. The molecule has 138 valence electrons. The summed E-state index contributed by atoms with van der Waals surface area (Å²) in [5.74, 6) is 0.516. The predicted molar refractivity (Wildman–Crippen MR) is 105 cm³/mol. The lowest BCUT2D eigenvalue weighted by Gasteiger charge is -2.11. The summed E-state index contributed by atoms with van der Waals surface area (Å²) in [5, 5.41) is 5.87. The molecule has 0 unspecified atom stereocenters. The second-order valence-electron chi connectivity index (χ2n) is 5.98. The topological polar surface area (TPSA) is 84.2 Å². The molecule has 0 aliphatic carbocycles. The largest absolute Gasteiger partial charge is 0.441 e. The van der Waals surface area contributed by atoms with Gasteiger partial charge in [-0.05, 0) is 37.3 Å². The van der Waals surface area contributed by atoms with Crippen LogP contribution in [0.3, 0.4) is 0 Å². The molecule has 2 amide bonds. The van der Waals surface area contributed by atoms with Crippen LogP contribution in [-0.4, -0.2) is 16.8 Å². The molecule has 0 radical (unpaired) electrons. The first-order valence-electron chi connectivity index (χ1n) is 8.31. The summed E-state index contributed by atoms with van der Waals surface area (Å²) in [6.07, 6.45) is 0.0359. The average Bonchev–Trinajstić information content (AvgIpc) is 2.98. The van der Waals surface area contributed by atoms with Crippen LogP contribution in [0.4, 0.5) is 11.4 Å². The summed E-state index contributed by atoms with van der Waals surface area (Å²) in [5.41, 5.74) is 2.29. The third kappa shape index (κ3) is 4.74. The number of hydrogen-bond donors (Lipinski definition) is 2. The molecule has 27 heavy (non-hydrogen) atoms. The number of nitrogens with zero attached hydrogens (tertiary/aromatic N) is 1. The lowest BCUT2D eigenvalue weighted by Crippen LogP contribution is -2.17. The number of amides is 2. The molecule has 0 saturated heterocycles. The molecule has 3 aromatic rings. The van der Waals surface area contributed by atoms with Crippen molar-refractivity contribution in [1.82, 2.24) is 4.98 Å². The fraction of sp³-hybridized carbons (Fsp3) is 0.150. The smallest absolute Gasteiger partial charge is 0.230 e. The first-order chi connectivity index (χ1) is 12.9. The van der Waals surface area contributed by atoms with Gasteiger partial charge in [-0.15, -0.1) is 0 Å². The number of oxazole rings is 1. The number of anilines is 2. The molecule has 0 fully saturated rings. The Morgan fingerprint density at radius 1 is 1.07 bits per heavy atom. The van der Waals surface area contributed by atoms with Crippen molar-refractivity contribution in [2.75, 3.05) is 10.6 Å². The highest BCUT2D eigenvalue weighted by Crippen LogP contribution is 2.27. The summed E-state index contributed by atoms with van der Waals surface area (Å²) in [4.78, 5) is 28.2. The van der Waals surface area contributed by atoms with Crippen LogP contribution in [0.5, 0.6) is 0 Å². The fourth-order valence-corrected chi connectivity index (χ4v) is 2.73. The van der Waals surface area contributed by atoms with Gasteiger partial charge >= 0.3 is 0 Å². The van der Waals surface area contributed by atoms with E-state index >= 15 is 0 Å². The summed E-state index contributed by atoms with van der Waals surface area (Å²) >= 11 is 6.00. The van der Waals surface area contributed by atoms with Crippen LogP contribution in [0.1, 0.15) is 18.4 Å². The number of halogens is 1. The monoisotopic (exact) mass is 383 g/mol. The Balaban J connectivity index is 1.76. The highest BCUT2D eigenvalue weighted by molar-refractivity contribution is 6.31. The molecule has 7 heteroatoms. The van der Waals surface area contributed by atoms with Gasteiger partial charge in [-0.25, -0.2) is 4.98 Å². The van der Waals surface area contributed by atoms with Gasteiger partial charge in [-0.2, -0.15) is 0 Å². The van der Waals surface area contributed by atoms with Crippen molar-refractivity contribution < 1.29 is 14.0 Å². The van der Waals surface area contributed by atoms with Crippen LogP contribution in [0.2, 0.25) is 5.02 Å². The molecule has 0 aliphatic heterocycles. The molecular formula is C20H18ClN3O3. The third-order valence-electron chi connectivity index (χ3n) is 3.81. The molecule has 0 aliphatic rings. The summed E-state index contributed by atoms with van der Waals surface area (Å²) < 4.78 is 5.68. The first-order valence-corrected chi connectivity index (χ1v) is 8.69. The van der Waals surface area contributed by atoms with E-state index < -0.39 is 0 Å². The second kappa shape index (κ2) is 8.05. The number of nitrogens with one attached hydrogen (secondary N) is 2. The number of carbonyl (C=O) groups excluding carboxylic acids is 2. The van der Waals surface area contributed by atoms with Crippen molar-refractivity contribution in [3.05, 3.63) is 65.0 Å². The lowest BCUT2D eigenvalue weighted by molar-refractivity contribution is -0.116. The van der Waals surface area contributed by atoms with E-state index in [-0.39, 0.29) is 18.2 Å². The van der Waals surface area contributed by atoms with Gasteiger partial charge in [0, 0.05) is 17.5 Å². The highest BCUT2D eigenvalue weighted by atomic mass is 35.5. The maximum atomic E-state index is 12.5. The molecule has 0 bridgehead atoms. The molecule has 0 saturated carbocycles. The zero-order valence-corrected chi connectivity index (χ0v) is 15.6. The molecule has 2 N–H and O–H groups in total. The Morgan fingerprint density at radius 3 is 2.52 bits per heavy atom. The van der Waals surface area contributed by atoms with E-state index in [4.69, 9.17) is 16.0 Å². The molecule has 1 heterocycles. The maximum absolute atomic E-state index is 12.5. The van der Waals surface area contributed by atoms with Crippen LogP contribution in [0.25, 0.3) is 11.5 Å². The van der Waals surface area contributed by atoms with Gasteiger partial charge in [0.05, 0.1) is 23.5 Å². The number of aromatic nitrogens is 1. The quantitative estimate of drug-likeness (QED) is 0.682. The third-order valence-corrected chi connectivity index (χ3v) is 4.04. The fourth-order valence-electron chi connectivity index (χ4n) is 2.56. The van der Waals surface area contributed by atoms with E-state index in [1.165, 1.54) is 6.92 Å². The van der Waals surface area contributed by atoms with Crippen molar-refractivity contribution >= 4 is 34.8 Å². The molecule has 0 atom stereocenters. The zero-order valence-electron chi connectivity index (χ0n) is 14.9. The second-order valence-corrected chi connectivity index (χ2v) is 6.42. The van der Waals surface area contributed by atoms with E-state index in [0.717, 1.165) is 5.56 Å². The Bertz CT molecular complexity index is 983. The Morgan fingerprint density at radius 2 is 1.81 bits per heavy atom. The van der Waals surface area contributed by atoms with Crippen molar-refractivity contribution in [3.63, 3.8) is 0 Å². The van der Waals surface area contributed by atoms with E-state index in [2.05, 4.69) is 15.6 Å². The number of carbonyl (C=O) groups is 2. The van der Waals surface area contributed by atoms with Gasteiger partial charge < -0.3 is 15.1 Å². The molecular weight excluding hydrogens is 366 g/mol. The highest BCUT2D eigenvalue weighted by Gasteiger charge is 2.16. The summed E-state index contributed by atoms with van der Waals surface area (Å²) in [7, 11) is 0. The van der Waals surface area contributed by atoms with Gasteiger partial charge in [0.25, 0.3) is 0 Å². The van der Waals surface area contributed by atoms with Crippen molar-refractivity contribution in [2.45, 2.75) is 20.3 Å². The standard InChI is InChI=1S/C20H18ClN3O3/c1-12-17(24-20(27-12)14-6-4-3-5-7-14)11-19(26)23-18-10-15(21)8-9-16(18)22-13(2)25/h3-10H,11H2,1-2H3,(H,22,25)(H,23,26). The van der Waals surface area contributed by atoms with Crippen molar-refractivity contribution in [2.24, 2.45) is 0 Å². The van der Waals surface area contributed by atoms with Crippen molar-refractivity contribution in [1.29, 1.82) is 0 Å². The minimum Gasteiger partial charge on any atom is -0.441 e. The van der Waals surface area contributed by atoms with E-state index in [1.807, 2.05) is 30.3 Å². The average molecular weight is 384 g/mol.